The standard InChI is InChI=1S/C11H18N4O/c1-9-7-10(2)15(13-9)11(8-16)14-5-3-12-4-6-14/h7-8,11-12H,3-6H2,1-2H3. The summed E-state index contributed by atoms with van der Waals surface area (Å²) in [5, 5.41) is 7.66. The first-order chi connectivity index (χ1) is 7.72. The minimum absolute atomic E-state index is 0.254. The van der Waals surface area contributed by atoms with Gasteiger partial charge in [-0.1, -0.05) is 0 Å². The largest absolute Gasteiger partial charge is 0.314 e. The highest BCUT2D eigenvalue weighted by molar-refractivity contribution is 5.55. The Kier molecular flexibility index (Phi) is 3.36. The van der Waals surface area contributed by atoms with E-state index in [4.69, 9.17) is 0 Å². The molecular formula is C11H18N4O. The van der Waals surface area contributed by atoms with E-state index in [0.29, 0.717) is 0 Å². The smallest absolute Gasteiger partial charge is 0.160 e. The van der Waals surface area contributed by atoms with Gasteiger partial charge in [-0.25, -0.2) is 4.68 Å². The molecule has 0 aromatic carbocycles. The van der Waals surface area contributed by atoms with Crippen molar-refractivity contribution < 1.29 is 4.79 Å². The van der Waals surface area contributed by atoms with Crippen LogP contribution in [-0.2, 0) is 4.79 Å². The number of hydrogen-bond acceptors (Lipinski definition) is 4. The van der Waals surface area contributed by atoms with Gasteiger partial charge in [-0.15, -0.1) is 0 Å². The summed E-state index contributed by atoms with van der Waals surface area (Å²) >= 11 is 0. The van der Waals surface area contributed by atoms with Crippen LogP contribution in [0.5, 0.6) is 0 Å². The van der Waals surface area contributed by atoms with Gasteiger partial charge in [-0.05, 0) is 19.9 Å². The van der Waals surface area contributed by atoms with Gasteiger partial charge in [0.05, 0.1) is 5.69 Å². The van der Waals surface area contributed by atoms with Crippen molar-refractivity contribution in [3.05, 3.63) is 17.5 Å². The van der Waals surface area contributed by atoms with Crippen LogP contribution in [0.15, 0.2) is 6.07 Å². The molecule has 5 heteroatoms. The Morgan fingerprint density at radius 2 is 2.12 bits per heavy atom. The average Bonchev–Trinajstić information content (AvgIpc) is 2.61. The second-order valence-corrected chi connectivity index (χ2v) is 4.21. The Labute approximate surface area is 95.4 Å². The predicted molar refractivity (Wildman–Crippen MR) is 61.2 cm³/mol. The van der Waals surface area contributed by atoms with Crippen molar-refractivity contribution in [1.82, 2.24) is 20.0 Å². The number of aldehydes is 1. The summed E-state index contributed by atoms with van der Waals surface area (Å²) in [7, 11) is 0. The van der Waals surface area contributed by atoms with Gasteiger partial charge >= 0.3 is 0 Å². The van der Waals surface area contributed by atoms with Crippen LogP contribution in [0.25, 0.3) is 0 Å². The Balaban J connectivity index is 2.21. The maximum atomic E-state index is 11.2. The van der Waals surface area contributed by atoms with Gasteiger partial charge in [0.15, 0.2) is 12.5 Å². The summed E-state index contributed by atoms with van der Waals surface area (Å²) < 4.78 is 1.81. The summed E-state index contributed by atoms with van der Waals surface area (Å²) in [6.07, 6.45) is 0.723. The molecule has 1 aromatic rings. The first-order valence-corrected chi connectivity index (χ1v) is 5.65. The summed E-state index contributed by atoms with van der Waals surface area (Å²) in [5.41, 5.74) is 1.99. The van der Waals surface area contributed by atoms with Crippen molar-refractivity contribution in [2.24, 2.45) is 0 Å². The van der Waals surface area contributed by atoms with Crippen LogP contribution < -0.4 is 5.32 Å². The Hall–Kier alpha value is -1.20. The molecule has 0 spiro atoms. The van der Waals surface area contributed by atoms with Gasteiger partial charge in [-0.2, -0.15) is 5.10 Å². The Bertz CT molecular complexity index is 368. The average molecular weight is 222 g/mol. The molecule has 0 bridgehead atoms. The SMILES string of the molecule is Cc1cc(C)n(C(C=O)N2CCNCC2)n1. The molecule has 2 rings (SSSR count). The van der Waals surface area contributed by atoms with E-state index in [-0.39, 0.29) is 6.17 Å². The van der Waals surface area contributed by atoms with E-state index in [9.17, 15) is 4.79 Å². The van der Waals surface area contributed by atoms with Crippen molar-refractivity contribution in [2.45, 2.75) is 20.0 Å². The van der Waals surface area contributed by atoms with E-state index in [1.54, 1.807) is 0 Å². The molecule has 1 atom stereocenters. The number of rotatable bonds is 3. The fourth-order valence-electron chi connectivity index (χ4n) is 2.16. The molecule has 2 heterocycles. The minimum atomic E-state index is -0.254. The highest BCUT2D eigenvalue weighted by atomic mass is 16.1. The Morgan fingerprint density at radius 3 is 2.62 bits per heavy atom. The lowest BCUT2D eigenvalue weighted by molar-refractivity contribution is -0.116. The maximum absolute atomic E-state index is 11.2. The van der Waals surface area contributed by atoms with E-state index in [1.165, 1.54) is 0 Å². The molecular weight excluding hydrogens is 204 g/mol. The molecule has 1 unspecified atom stereocenters. The quantitative estimate of drug-likeness (QED) is 0.737. The molecule has 1 aliphatic rings. The number of aromatic nitrogens is 2. The summed E-state index contributed by atoms with van der Waals surface area (Å²) in [4.78, 5) is 13.4. The van der Waals surface area contributed by atoms with Crippen LogP contribution in [0, 0.1) is 13.8 Å². The predicted octanol–water partition coefficient (Wildman–Crippen LogP) is 0.103. The van der Waals surface area contributed by atoms with Crippen molar-refractivity contribution in [3.63, 3.8) is 0 Å². The van der Waals surface area contributed by atoms with Crippen LogP contribution in [0.3, 0.4) is 0 Å². The van der Waals surface area contributed by atoms with Gasteiger partial charge in [0.1, 0.15) is 0 Å². The van der Waals surface area contributed by atoms with E-state index >= 15 is 0 Å². The van der Waals surface area contributed by atoms with Crippen molar-refractivity contribution >= 4 is 6.29 Å². The molecule has 1 aromatic heterocycles. The Morgan fingerprint density at radius 1 is 1.44 bits per heavy atom. The van der Waals surface area contributed by atoms with E-state index in [2.05, 4.69) is 15.3 Å². The summed E-state index contributed by atoms with van der Waals surface area (Å²) in [6.45, 7) is 7.58. The van der Waals surface area contributed by atoms with E-state index in [0.717, 1.165) is 43.9 Å². The highest BCUT2D eigenvalue weighted by Gasteiger charge is 2.23. The van der Waals surface area contributed by atoms with Crippen LogP contribution in [0.2, 0.25) is 0 Å². The molecule has 5 nitrogen and oxygen atoms in total. The molecule has 1 saturated heterocycles. The minimum Gasteiger partial charge on any atom is -0.314 e. The summed E-state index contributed by atoms with van der Waals surface area (Å²) in [5.74, 6) is 0. The van der Waals surface area contributed by atoms with Gasteiger partial charge < -0.3 is 5.32 Å². The second-order valence-electron chi connectivity index (χ2n) is 4.21. The zero-order chi connectivity index (χ0) is 11.5. The lowest BCUT2D eigenvalue weighted by Gasteiger charge is -2.32. The molecule has 0 aliphatic carbocycles. The molecule has 16 heavy (non-hydrogen) atoms. The number of piperazine rings is 1. The lowest BCUT2D eigenvalue weighted by atomic mass is 10.3. The van der Waals surface area contributed by atoms with Gasteiger partial charge in [0.25, 0.3) is 0 Å². The van der Waals surface area contributed by atoms with Gasteiger partial charge in [-0.3, -0.25) is 9.69 Å². The van der Waals surface area contributed by atoms with Crippen LogP contribution >= 0.6 is 0 Å². The normalized spacial score (nSPS) is 19.6. The zero-order valence-corrected chi connectivity index (χ0v) is 9.81. The fourth-order valence-corrected chi connectivity index (χ4v) is 2.16. The number of nitrogens with one attached hydrogen (secondary N) is 1. The third kappa shape index (κ3) is 2.15. The van der Waals surface area contributed by atoms with Crippen LogP contribution in [0.1, 0.15) is 17.6 Å². The van der Waals surface area contributed by atoms with E-state index < -0.39 is 0 Å². The number of nitrogens with zero attached hydrogens (tertiary/aromatic N) is 3. The molecule has 1 fully saturated rings. The number of carbonyl (C=O) groups is 1. The van der Waals surface area contributed by atoms with Crippen molar-refractivity contribution in [1.29, 1.82) is 0 Å². The fraction of sp³-hybridized carbons (Fsp3) is 0.636. The second kappa shape index (κ2) is 4.76. The molecule has 0 saturated carbocycles. The van der Waals surface area contributed by atoms with Crippen molar-refractivity contribution in [3.8, 4) is 0 Å². The van der Waals surface area contributed by atoms with Gasteiger partial charge in [0.2, 0.25) is 0 Å². The topological polar surface area (TPSA) is 50.2 Å². The lowest BCUT2D eigenvalue weighted by Crippen LogP contribution is -2.47. The molecule has 1 N–H and O–H groups in total. The molecule has 0 radical (unpaired) electrons. The third-order valence-electron chi connectivity index (χ3n) is 2.94. The highest BCUT2D eigenvalue weighted by Crippen LogP contribution is 2.14. The molecule has 1 aliphatic heterocycles. The number of hydrogen-bond donors (Lipinski definition) is 1. The molecule has 0 amide bonds. The van der Waals surface area contributed by atoms with Crippen molar-refractivity contribution in [2.75, 3.05) is 26.2 Å². The first kappa shape index (κ1) is 11.3. The van der Waals surface area contributed by atoms with E-state index in [1.807, 2.05) is 24.6 Å². The van der Waals surface area contributed by atoms with Gasteiger partial charge in [0, 0.05) is 31.9 Å². The maximum Gasteiger partial charge on any atom is 0.160 e. The number of carbonyl (C=O) groups excluding carboxylic acids is 1. The first-order valence-electron chi connectivity index (χ1n) is 5.65. The number of aryl methyl sites for hydroxylation is 2. The van der Waals surface area contributed by atoms with Crippen LogP contribution in [-0.4, -0.2) is 47.1 Å². The summed E-state index contributed by atoms with van der Waals surface area (Å²) in [6, 6.07) is 2.00. The van der Waals surface area contributed by atoms with Crippen LogP contribution in [0.4, 0.5) is 0 Å². The zero-order valence-electron chi connectivity index (χ0n) is 9.81. The monoisotopic (exact) mass is 222 g/mol. The molecule has 88 valence electrons. The third-order valence-corrected chi connectivity index (χ3v) is 2.94.